The Kier molecular flexibility index (Phi) is 4.08. The average Bonchev–Trinajstić information content (AvgIpc) is 3.35. The van der Waals surface area contributed by atoms with E-state index in [-0.39, 0.29) is 5.91 Å². The first kappa shape index (κ1) is 15.0. The maximum atomic E-state index is 12.7. The number of fused-ring (bicyclic) bond motifs is 1. The number of nitrogens with zero attached hydrogens (tertiary/aromatic N) is 1. The maximum absolute atomic E-state index is 12.7. The average molecular weight is 318 g/mol. The first-order valence-electron chi connectivity index (χ1n) is 8.69. The fourth-order valence-electron chi connectivity index (χ4n) is 3.24. The number of H-pyrrole nitrogens is 1. The third kappa shape index (κ3) is 3.35. The number of hydrogen-bond acceptors (Lipinski definition) is 1. The molecule has 3 nitrogen and oxygen atoms in total. The molecule has 1 aliphatic carbocycles. The molecule has 0 atom stereocenters. The molecule has 3 heteroatoms. The van der Waals surface area contributed by atoms with Crippen LogP contribution in [0.4, 0.5) is 0 Å². The van der Waals surface area contributed by atoms with Gasteiger partial charge in [0, 0.05) is 30.7 Å². The summed E-state index contributed by atoms with van der Waals surface area (Å²) in [5.41, 5.74) is 3.57. The van der Waals surface area contributed by atoms with Gasteiger partial charge >= 0.3 is 0 Å². The van der Waals surface area contributed by atoms with Gasteiger partial charge in [-0.2, -0.15) is 0 Å². The van der Waals surface area contributed by atoms with Crippen molar-refractivity contribution in [3.05, 3.63) is 71.9 Å². The Balaban J connectivity index is 1.44. The van der Waals surface area contributed by atoms with Gasteiger partial charge in [-0.3, -0.25) is 4.79 Å². The van der Waals surface area contributed by atoms with Gasteiger partial charge in [-0.05, 0) is 47.9 Å². The molecule has 24 heavy (non-hydrogen) atoms. The monoisotopic (exact) mass is 318 g/mol. The van der Waals surface area contributed by atoms with Crippen LogP contribution in [0.25, 0.3) is 10.9 Å². The SMILES string of the molecule is O=C(CCc1ccccc1)N(Cc1ccc2cc[nH]c2c1)C1CC1. The van der Waals surface area contributed by atoms with Crippen molar-refractivity contribution in [1.82, 2.24) is 9.88 Å². The molecule has 1 heterocycles. The number of amides is 1. The summed E-state index contributed by atoms with van der Waals surface area (Å²) in [4.78, 5) is 18.1. The second-order valence-corrected chi connectivity index (χ2v) is 6.64. The van der Waals surface area contributed by atoms with Gasteiger partial charge in [-0.15, -0.1) is 0 Å². The Labute approximate surface area is 142 Å². The molecule has 1 aliphatic rings. The molecule has 3 aromatic rings. The van der Waals surface area contributed by atoms with Crippen LogP contribution in [0.15, 0.2) is 60.8 Å². The van der Waals surface area contributed by atoms with Crippen molar-refractivity contribution in [2.45, 2.75) is 38.3 Å². The van der Waals surface area contributed by atoms with E-state index in [1.54, 1.807) is 0 Å². The molecule has 0 aliphatic heterocycles. The number of aromatic amines is 1. The van der Waals surface area contributed by atoms with E-state index >= 15 is 0 Å². The molecule has 4 rings (SSSR count). The Bertz CT molecular complexity index is 833. The third-order valence-electron chi connectivity index (χ3n) is 4.75. The lowest BCUT2D eigenvalue weighted by molar-refractivity contribution is -0.132. The number of aryl methyl sites for hydroxylation is 1. The van der Waals surface area contributed by atoms with Crippen molar-refractivity contribution >= 4 is 16.8 Å². The van der Waals surface area contributed by atoms with Gasteiger partial charge in [0.2, 0.25) is 5.91 Å². The summed E-state index contributed by atoms with van der Waals surface area (Å²) in [5.74, 6) is 0.271. The van der Waals surface area contributed by atoms with Crippen molar-refractivity contribution in [3.63, 3.8) is 0 Å². The lowest BCUT2D eigenvalue weighted by atomic mass is 10.1. The summed E-state index contributed by atoms with van der Waals surface area (Å²) in [7, 11) is 0. The normalized spacial score (nSPS) is 14.0. The van der Waals surface area contributed by atoms with Gasteiger partial charge in [0.1, 0.15) is 0 Å². The van der Waals surface area contributed by atoms with Crippen LogP contribution in [0.3, 0.4) is 0 Å². The second kappa shape index (κ2) is 6.52. The second-order valence-electron chi connectivity index (χ2n) is 6.64. The first-order chi connectivity index (χ1) is 11.8. The van der Waals surface area contributed by atoms with Gasteiger partial charge in [0.25, 0.3) is 0 Å². The molecular formula is C21H22N2O. The van der Waals surface area contributed by atoms with Crippen molar-refractivity contribution in [1.29, 1.82) is 0 Å². The molecule has 1 saturated carbocycles. The molecule has 0 bridgehead atoms. The van der Waals surface area contributed by atoms with E-state index in [1.165, 1.54) is 16.5 Å². The first-order valence-corrected chi connectivity index (χ1v) is 8.69. The Hall–Kier alpha value is -2.55. The Morgan fingerprint density at radius 1 is 1.04 bits per heavy atom. The zero-order chi connectivity index (χ0) is 16.4. The number of rotatable bonds is 6. The molecule has 2 aromatic carbocycles. The lowest BCUT2D eigenvalue weighted by Gasteiger charge is -2.23. The highest BCUT2D eigenvalue weighted by Crippen LogP contribution is 2.29. The van der Waals surface area contributed by atoms with E-state index in [9.17, 15) is 4.79 Å². The van der Waals surface area contributed by atoms with Gasteiger partial charge in [-0.1, -0.05) is 42.5 Å². The van der Waals surface area contributed by atoms with Crippen LogP contribution in [0, 0.1) is 0 Å². The highest BCUT2D eigenvalue weighted by atomic mass is 16.2. The van der Waals surface area contributed by atoms with E-state index in [2.05, 4.69) is 46.3 Å². The smallest absolute Gasteiger partial charge is 0.223 e. The van der Waals surface area contributed by atoms with Gasteiger partial charge in [0.15, 0.2) is 0 Å². The number of nitrogens with one attached hydrogen (secondary N) is 1. The minimum atomic E-state index is 0.271. The van der Waals surface area contributed by atoms with E-state index < -0.39 is 0 Å². The molecular weight excluding hydrogens is 296 g/mol. The van der Waals surface area contributed by atoms with Gasteiger partial charge in [-0.25, -0.2) is 0 Å². The molecule has 0 unspecified atom stereocenters. The molecule has 1 amide bonds. The molecule has 1 fully saturated rings. The van der Waals surface area contributed by atoms with Gasteiger partial charge in [0.05, 0.1) is 0 Å². The largest absolute Gasteiger partial charge is 0.361 e. The number of carbonyl (C=O) groups excluding carboxylic acids is 1. The summed E-state index contributed by atoms with van der Waals surface area (Å²) in [6, 6.07) is 19.2. The van der Waals surface area contributed by atoms with Crippen LogP contribution in [0.5, 0.6) is 0 Å². The Morgan fingerprint density at radius 2 is 1.88 bits per heavy atom. The molecule has 0 spiro atoms. The van der Waals surface area contributed by atoms with Gasteiger partial charge < -0.3 is 9.88 Å². The fraction of sp³-hybridized carbons (Fsp3) is 0.286. The van der Waals surface area contributed by atoms with Crippen LogP contribution >= 0.6 is 0 Å². The highest BCUT2D eigenvalue weighted by Gasteiger charge is 2.32. The van der Waals surface area contributed by atoms with Crippen LogP contribution in [0.2, 0.25) is 0 Å². The van der Waals surface area contributed by atoms with Crippen LogP contribution in [0.1, 0.15) is 30.4 Å². The molecule has 1 N–H and O–H groups in total. The Morgan fingerprint density at radius 3 is 2.67 bits per heavy atom. The standard InChI is InChI=1S/C21H22N2O/c24-21(11-7-16-4-2-1-3-5-16)23(19-9-10-19)15-17-6-8-18-12-13-22-20(18)14-17/h1-6,8,12-14,19,22H,7,9-11,15H2. The third-order valence-corrected chi connectivity index (χ3v) is 4.75. The summed E-state index contributed by atoms with van der Waals surface area (Å²) in [5, 5.41) is 1.21. The van der Waals surface area contributed by atoms with Crippen molar-refractivity contribution in [2.24, 2.45) is 0 Å². The number of benzene rings is 2. The lowest BCUT2D eigenvalue weighted by Crippen LogP contribution is -2.32. The van der Waals surface area contributed by atoms with Crippen LogP contribution in [-0.4, -0.2) is 21.8 Å². The van der Waals surface area contributed by atoms with E-state index in [0.29, 0.717) is 19.0 Å². The summed E-state index contributed by atoms with van der Waals surface area (Å²) in [6.45, 7) is 0.716. The summed E-state index contributed by atoms with van der Waals surface area (Å²) < 4.78 is 0. The minimum Gasteiger partial charge on any atom is -0.361 e. The van der Waals surface area contributed by atoms with Crippen molar-refractivity contribution < 1.29 is 4.79 Å². The van der Waals surface area contributed by atoms with Crippen molar-refractivity contribution in [2.75, 3.05) is 0 Å². The molecule has 0 radical (unpaired) electrons. The minimum absolute atomic E-state index is 0.271. The highest BCUT2D eigenvalue weighted by molar-refractivity contribution is 5.80. The number of carbonyl (C=O) groups is 1. The predicted octanol–water partition coefficient (Wildman–Crippen LogP) is 4.29. The maximum Gasteiger partial charge on any atom is 0.223 e. The fourth-order valence-corrected chi connectivity index (χ4v) is 3.24. The number of hydrogen-bond donors (Lipinski definition) is 1. The van der Waals surface area contributed by atoms with E-state index in [1.807, 2.05) is 24.4 Å². The topological polar surface area (TPSA) is 36.1 Å². The zero-order valence-electron chi connectivity index (χ0n) is 13.7. The van der Waals surface area contributed by atoms with E-state index in [0.717, 1.165) is 24.8 Å². The molecule has 0 saturated heterocycles. The van der Waals surface area contributed by atoms with E-state index in [4.69, 9.17) is 0 Å². The van der Waals surface area contributed by atoms with Crippen LogP contribution < -0.4 is 0 Å². The predicted molar refractivity (Wildman–Crippen MR) is 96.6 cm³/mol. The van der Waals surface area contributed by atoms with Crippen molar-refractivity contribution in [3.8, 4) is 0 Å². The zero-order valence-corrected chi connectivity index (χ0v) is 13.7. The number of aromatic nitrogens is 1. The quantitative estimate of drug-likeness (QED) is 0.723. The molecule has 1 aromatic heterocycles. The summed E-state index contributed by atoms with van der Waals surface area (Å²) in [6.07, 6.45) is 5.64. The van der Waals surface area contributed by atoms with Crippen LogP contribution in [-0.2, 0) is 17.8 Å². The molecule has 122 valence electrons. The summed E-state index contributed by atoms with van der Waals surface area (Å²) >= 11 is 0.